The highest BCUT2D eigenvalue weighted by atomic mass is 15.0. The molecule has 6 rings (SSSR count). The van der Waals surface area contributed by atoms with Crippen molar-refractivity contribution in [3.05, 3.63) is 82.5 Å². The van der Waals surface area contributed by atoms with Crippen molar-refractivity contribution >= 4 is 23.5 Å². The van der Waals surface area contributed by atoms with Gasteiger partial charge < -0.3 is 9.88 Å². The zero-order valence-corrected chi connectivity index (χ0v) is 20.2. The Morgan fingerprint density at radius 1 is 0.943 bits per heavy atom. The van der Waals surface area contributed by atoms with Crippen LogP contribution in [0.5, 0.6) is 0 Å². The fraction of sp³-hybridized carbons (Fsp3) is 0.300. The molecule has 0 bridgehead atoms. The molecule has 1 saturated carbocycles. The summed E-state index contributed by atoms with van der Waals surface area (Å²) in [5, 5.41) is 6.81. The summed E-state index contributed by atoms with van der Waals surface area (Å²) in [5.74, 6) is 0. The number of hydrogen-bond donors (Lipinski definition) is 1. The number of hydrogen-bond acceptors (Lipinski definition) is 4. The summed E-state index contributed by atoms with van der Waals surface area (Å²) in [4.78, 5) is 14.9. The highest BCUT2D eigenvalue weighted by molar-refractivity contribution is 5.70. The smallest absolute Gasteiger partial charge is 0.0900 e. The van der Waals surface area contributed by atoms with Crippen LogP contribution < -0.4 is 21.4 Å². The number of nitrogens with zero attached hydrogens (tertiary/aromatic N) is 4. The van der Waals surface area contributed by atoms with Crippen LogP contribution in [0.4, 0.5) is 11.4 Å². The van der Waals surface area contributed by atoms with Gasteiger partial charge in [0, 0.05) is 11.4 Å². The molecule has 2 aromatic rings. The van der Waals surface area contributed by atoms with E-state index in [9.17, 15) is 0 Å². The number of pyridine rings is 1. The third-order valence-corrected chi connectivity index (χ3v) is 7.02. The van der Waals surface area contributed by atoms with Gasteiger partial charge >= 0.3 is 0 Å². The second-order valence-electron chi connectivity index (χ2n) is 9.63. The van der Waals surface area contributed by atoms with Crippen LogP contribution in [0.1, 0.15) is 50.6 Å². The minimum absolute atomic E-state index is 0.369. The highest BCUT2D eigenvalue weighted by Crippen LogP contribution is 2.25. The maximum absolute atomic E-state index is 5.29. The molecule has 3 aliphatic carbocycles. The lowest BCUT2D eigenvalue weighted by atomic mass is 9.96. The first-order chi connectivity index (χ1) is 17.2. The van der Waals surface area contributed by atoms with Crippen LogP contribution in [0, 0.1) is 6.92 Å². The van der Waals surface area contributed by atoms with E-state index in [0.29, 0.717) is 6.04 Å². The van der Waals surface area contributed by atoms with E-state index in [1.54, 1.807) is 0 Å². The Balaban J connectivity index is 1.61. The van der Waals surface area contributed by atoms with Crippen LogP contribution in [0.3, 0.4) is 0 Å². The van der Waals surface area contributed by atoms with E-state index >= 15 is 0 Å². The minimum Gasteiger partial charge on any atom is -0.352 e. The van der Waals surface area contributed by atoms with Crippen molar-refractivity contribution in [2.75, 3.05) is 5.32 Å². The molecule has 176 valence electrons. The molecule has 5 heteroatoms. The topological polar surface area (TPSA) is 55.1 Å². The zero-order chi connectivity index (χ0) is 23.6. The monoisotopic (exact) mass is 461 g/mol. The third kappa shape index (κ3) is 4.51. The maximum Gasteiger partial charge on any atom is 0.0900 e. The van der Waals surface area contributed by atoms with Crippen molar-refractivity contribution in [3.8, 4) is 17.1 Å². The number of rotatable bonds is 4. The predicted molar refractivity (Wildman–Crippen MR) is 142 cm³/mol. The van der Waals surface area contributed by atoms with Gasteiger partial charge in [-0.15, -0.1) is 0 Å². The van der Waals surface area contributed by atoms with E-state index < -0.39 is 0 Å². The molecule has 1 fully saturated rings. The fourth-order valence-electron chi connectivity index (χ4n) is 5.22. The SMILES string of the molecule is Cc1ccc(Nc2cc3nc4c(n(-c5ccccc5)c-3cc2=NC2CCCCC2)=CCCC=4)cn1. The number of anilines is 2. The fourth-order valence-corrected chi connectivity index (χ4v) is 5.22. The summed E-state index contributed by atoms with van der Waals surface area (Å²) < 4.78 is 2.35. The van der Waals surface area contributed by atoms with Gasteiger partial charge in [-0.25, -0.2) is 4.98 Å². The number of nitrogens with one attached hydrogen (secondary N) is 1. The molecule has 1 aliphatic heterocycles. The summed E-state index contributed by atoms with van der Waals surface area (Å²) in [6.07, 6.45) is 14.7. The van der Waals surface area contributed by atoms with Crippen LogP contribution in [-0.2, 0) is 0 Å². The predicted octanol–water partition coefficient (Wildman–Crippen LogP) is 5.01. The first-order valence-corrected chi connectivity index (χ1v) is 12.8. The van der Waals surface area contributed by atoms with Crippen molar-refractivity contribution in [2.24, 2.45) is 4.99 Å². The first kappa shape index (κ1) is 21.8. The Bertz CT molecular complexity index is 1490. The molecule has 4 aliphatic rings. The molecule has 35 heavy (non-hydrogen) atoms. The summed E-state index contributed by atoms with van der Waals surface area (Å²) in [6.45, 7) is 2.01. The average molecular weight is 462 g/mol. The summed E-state index contributed by atoms with van der Waals surface area (Å²) in [7, 11) is 0. The summed E-state index contributed by atoms with van der Waals surface area (Å²) in [5.41, 5.74) is 6.15. The quantitative estimate of drug-likeness (QED) is 0.465. The maximum atomic E-state index is 5.29. The zero-order valence-electron chi connectivity index (χ0n) is 20.2. The second kappa shape index (κ2) is 9.49. The minimum atomic E-state index is 0.369. The number of benzene rings is 2. The second-order valence-corrected chi connectivity index (χ2v) is 9.63. The Morgan fingerprint density at radius 3 is 2.57 bits per heavy atom. The van der Waals surface area contributed by atoms with Crippen LogP contribution in [0.2, 0.25) is 0 Å². The number of para-hydroxylation sites is 1. The van der Waals surface area contributed by atoms with Crippen LogP contribution >= 0.6 is 0 Å². The van der Waals surface area contributed by atoms with Gasteiger partial charge in [-0.05, 0) is 69.0 Å². The molecule has 5 nitrogen and oxygen atoms in total. The Labute approximate surface area is 206 Å². The normalized spacial score (nSPS) is 16.4. The number of aryl methyl sites for hydroxylation is 1. The van der Waals surface area contributed by atoms with Gasteiger partial charge in [-0.2, -0.15) is 0 Å². The Morgan fingerprint density at radius 2 is 1.77 bits per heavy atom. The Kier molecular flexibility index (Phi) is 5.91. The summed E-state index contributed by atoms with van der Waals surface area (Å²) >= 11 is 0. The van der Waals surface area contributed by atoms with Crippen molar-refractivity contribution in [2.45, 2.75) is 57.9 Å². The van der Waals surface area contributed by atoms with Gasteiger partial charge in [0.25, 0.3) is 0 Å². The van der Waals surface area contributed by atoms with E-state index in [4.69, 9.17) is 9.98 Å². The molecule has 1 aromatic carbocycles. The van der Waals surface area contributed by atoms with Gasteiger partial charge in [0.05, 0.1) is 51.1 Å². The summed E-state index contributed by atoms with van der Waals surface area (Å²) in [6, 6.07) is 19.5. The van der Waals surface area contributed by atoms with E-state index in [1.807, 2.05) is 19.2 Å². The average Bonchev–Trinajstić information content (AvgIpc) is 2.90. The molecule has 0 radical (unpaired) electrons. The largest absolute Gasteiger partial charge is 0.352 e. The third-order valence-electron chi connectivity index (χ3n) is 7.02. The molecule has 0 atom stereocenters. The van der Waals surface area contributed by atoms with Crippen molar-refractivity contribution in [3.63, 3.8) is 0 Å². The lowest BCUT2D eigenvalue weighted by Gasteiger charge is -2.21. The highest BCUT2D eigenvalue weighted by Gasteiger charge is 2.18. The first-order valence-electron chi connectivity index (χ1n) is 12.8. The van der Waals surface area contributed by atoms with Gasteiger partial charge in [0.15, 0.2) is 0 Å². The molecule has 0 spiro atoms. The van der Waals surface area contributed by atoms with Crippen molar-refractivity contribution in [1.82, 2.24) is 14.5 Å². The molecule has 2 heterocycles. The van der Waals surface area contributed by atoms with Crippen molar-refractivity contribution < 1.29 is 0 Å². The van der Waals surface area contributed by atoms with Crippen LogP contribution in [0.15, 0.2) is 65.8 Å². The number of aromatic nitrogens is 3. The van der Waals surface area contributed by atoms with E-state index in [2.05, 4.69) is 75.6 Å². The molecule has 0 saturated heterocycles. The number of fused-ring (bicyclic) bond motifs is 2. The Hall–Kier alpha value is -3.73. The van der Waals surface area contributed by atoms with Crippen molar-refractivity contribution in [1.29, 1.82) is 0 Å². The van der Waals surface area contributed by atoms with Gasteiger partial charge in [0.2, 0.25) is 0 Å². The van der Waals surface area contributed by atoms with E-state index in [1.165, 1.54) is 24.6 Å². The van der Waals surface area contributed by atoms with Gasteiger partial charge in [-0.3, -0.25) is 9.98 Å². The van der Waals surface area contributed by atoms with Gasteiger partial charge in [0.1, 0.15) is 0 Å². The molecule has 1 aromatic heterocycles. The van der Waals surface area contributed by atoms with Crippen LogP contribution in [0.25, 0.3) is 29.2 Å². The molecule has 0 unspecified atom stereocenters. The molecule has 0 amide bonds. The molecule has 1 N–H and O–H groups in total. The lowest BCUT2D eigenvalue weighted by Crippen LogP contribution is -2.40. The van der Waals surface area contributed by atoms with Crippen LogP contribution in [-0.4, -0.2) is 20.6 Å². The van der Waals surface area contributed by atoms with E-state index in [0.717, 1.165) is 70.5 Å². The van der Waals surface area contributed by atoms with E-state index in [-0.39, 0.29) is 0 Å². The lowest BCUT2D eigenvalue weighted by molar-refractivity contribution is 0.437. The standard InChI is InChI=1S/C30H31N5/c1-21-16-17-23(20-31-21)33-26-18-28-30(19-27(26)32-22-10-4-2-5-11-22)35(24-12-6-3-7-13-24)29-15-9-8-14-25(29)34-28/h3,6-7,12-20,22,33H,2,4-5,8-11H2,1H3. The molecular formula is C30H31N5. The molecular weight excluding hydrogens is 430 g/mol. The van der Waals surface area contributed by atoms with Gasteiger partial charge in [-0.1, -0.05) is 49.6 Å².